The summed E-state index contributed by atoms with van der Waals surface area (Å²) in [5.41, 5.74) is 1.51. The topological polar surface area (TPSA) is 72.5 Å². The fourth-order valence-electron chi connectivity index (χ4n) is 2.12. The number of amides is 1. The molecule has 27 heavy (non-hydrogen) atoms. The summed E-state index contributed by atoms with van der Waals surface area (Å²) in [4.78, 5) is 35.5. The van der Waals surface area contributed by atoms with E-state index in [0.29, 0.717) is 26.9 Å². The standard InChI is InChI=1S/C20H17Cl2NO4/c1-12(24)15-4-3-5-17(10-15)23-20(26)13(2)27-19(25)9-7-14-6-8-16(21)11-18(14)22/h3-11,13H,1-2H3,(H,23,26)/b9-7+/t13-/m0/s1. The van der Waals surface area contributed by atoms with Gasteiger partial charge in [0.25, 0.3) is 5.91 Å². The third-order valence-corrected chi connectivity index (χ3v) is 4.12. The molecule has 0 aromatic heterocycles. The van der Waals surface area contributed by atoms with Crippen LogP contribution in [0, 0.1) is 0 Å². The minimum Gasteiger partial charge on any atom is -0.449 e. The quantitative estimate of drug-likeness (QED) is 0.426. The van der Waals surface area contributed by atoms with Gasteiger partial charge >= 0.3 is 5.97 Å². The molecule has 0 aliphatic heterocycles. The maximum absolute atomic E-state index is 12.2. The normalized spacial score (nSPS) is 11.9. The van der Waals surface area contributed by atoms with Gasteiger partial charge in [0.1, 0.15) is 0 Å². The highest BCUT2D eigenvalue weighted by molar-refractivity contribution is 6.35. The van der Waals surface area contributed by atoms with Crippen molar-refractivity contribution in [2.45, 2.75) is 20.0 Å². The number of nitrogens with one attached hydrogen (secondary N) is 1. The third-order valence-electron chi connectivity index (χ3n) is 3.56. The number of Topliss-reactive ketones (excluding diaryl/α,β-unsaturated/α-hetero) is 1. The lowest BCUT2D eigenvalue weighted by molar-refractivity contribution is -0.148. The van der Waals surface area contributed by atoms with Crippen molar-refractivity contribution >= 4 is 52.6 Å². The van der Waals surface area contributed by atoms with Crippen LogP contribution < -0.4 is 5.32 Å². The number of hydrogen-bond acceptors (Lipinski definition) is 4. The number of halogens is 2. The third kappa shape index (κ3) is 6.24. The van der Waals surface area contributed by atoms with E-state index in [-0.39, 0.29) is 5.78 Å². The van der Waals surface area contributed by atoms with Gasteiger partial charge in [0.15, 0.2) is 11.9 Å². The summed E-state index contributed by atoms with van der Waals surface area (Å²) in [6.07, 6.45) is 1.63. The average molecular weight is 406 g/mol. The van der Waals surface area contributed by atoms with Gasteiger partial charge in [0.2, 0.25) is 0 Å². The van der Waals surface area contributed by atoms with Gasteiger partial charge in [-0.1, -0.05) is 41.4 Å². The van der Waals surface area contributed by atoms with E-state index in [0.717, 1.165) is 0 Å². The minimum atomic E-state index is -1.02. The van der Waals surface area contributed by atoms with Gasteiger partial charge in [0, 0.05) is 27.4 Å². The molecular weight excluding hydrogens is 389 g/mol. The molecule has 1 atom stereocenters. The lowest BCUT2D eigenvalue weighted by Crippen LogP contribution is -2.29. The zero-order valence-corrected chi connectivity index (χ0v) is 16.2. The SMILES string of the molecule is CC(=O)c1cccc(NC(=O)[C@H](C)OC(=O)/C=C/c2ccc(Cl)cc2Cl)c1. The van der Waals surface area contributed by atoms with Crippen molar-refractivity contribution in [3.05, 3.63) is 69.7 Å². The molecule has 2 aromatic rings. The minimum absolute atomic E-state index is 0.114. The Morgan fingerprint density at radius 2 is 1.85 bits per heavy atom. The second-order valence-corrected chi connectivity index (χ2v) is 6.55. The largest absolute Gasteiger partial charge is 0.449 e. The zero-order valence-electron chi connectivity index (χ0n) is 14.7. The molecule has 0 unspecified atom stereocenters. The highest BCUT2D eigenvalue weighted by Crippen LogP contribution is 2.22. The van der Waals surface area contributed by atoms with Gasteiger partial charge in [-0.2, -0.15) is 0 Å². The van der Waals surface area contributed by atoms with E-state index < -0.39 is 18.0 Å². The highest BCUT2D eigenvalue weighted by atomic mass is 35.5. The van der Waals surface area contributed by atoms with Gasteiger partial charge in [-0.3, -0.25) is 9.59 Å². The van der Waals surface area contributed by atoms with Gasteiger partial charge < -0.3 is 10.1 Å². The van der Waals surface area contributed by atoms with E-state index >= 15 is 0 Å². The predicted octanol–water partition coefficient (Wildman–Crippen LogP) is 4.78. The molecule has 0 heterocycles. The predicted molar refractivity (Wildman–Crippen MR) is 106 cm³/mol. The van der Waals surface area contributed by atoms with E-state index in [2.05, 4.69) is 5.32 Å². The molecule has 1 amide bonds. The van der Waals surface area contributed by atoms with Crippen LogP contribution >= 0.6 is 23.2 Å². The Morgan fingerprint density at radius 1 is 1.11 bits per heavy atom. The molecule has 0 saturated heterocycles. The molecule has 2 aromatic carbocycles. The number of rotatable bonds is 6. The van der Waals surface area contributed by atoms with Crippen LogP contribution in [0.1, 0.15) is 29.8 Å². The summed E-state index contributed by atoms with van der Waals surface area (Å²) in [6.45, 7) is 2.88. The number of anilines is 1. The fraction of sp³-hybridized carbons (Fsp3) is 0.150. The maximum atomic E-state index is 12.2. The molecule has 5 nitrogen and oxygen atoms in total. The Morgan fingerprint density at radius 3 is 2.52 bits per heavy atom. The van der Waals surface area contributed by atoms with E-state index in [1.165, 1.54) is 26.0 Å². The summed E-state index contributed by atoms with van der Waals surface area (Å²) < 4.78 is 5.07. The monoisotopic (exact) mass is 405 g/mol. The molecule has 0 radical (unpaired) electrons. The lowest BCUT2D eigenvalue weighted by Gasteiger charge is -2.12. The first-order valence-electron chi connectivity index (χ1n) is 8.02. The molecular formula is C20H17Cl2NO4. The molecule has 0 saturated carbocycles. The van der Waals surface area contributed by atoms with E-state index in [4.69, 9.17) is 27.9 Å². The van der Waals surface area contributed by atoms with Gasteiger partial charge in [0.05, 0.1) is 0 Å². The fourth-order valence-corrected chi connectivity index (χ4v) is 2.59. The Labute approximate surface area is 166 Å². The van der Waals surface area contributed by atoms with Crippen LogP contribution in [0.3, 0.4) is 0 Å². The molecule has 0 fully saturated rings. The zero-order chi connectivity index (χ0) is 20.0. The van der Waals surface area contributed by atoms with Crippen molar-refractivity contribution in [2.24, 2.45) is 0 Å². The summed E-state index contributed by atoms with van der Waals surface area (Å²) in [7, 11) is 0. The molecule has 7 heteroatoms. The van der Waals surface area contributed by atoms with Crippen molar-refractivity contribution in [1.82, 2.24) is 0 Å². The van der Waals surface area contributed by atoms with Crippen molar-refractivity contribution in [3.63, 3.8) is 0 Å². The maximum Gasteiger partial charge on any atom is 0.331 e. The Kier molecular flexibility index (Phi) is 7.16. The summed E-state index contributed by atoms with van der Waals surface area (Å²) >= 11 is 11.8. The molecule has 1 N–H and O–H groups in total. The first-order valence-corrected chi connectivity index (χ1v) is 8.77. The van der Waals surface area contributed by atoms with E-state index in [1.807, 2.05) is 0 Å². The number of benzene rings is 2. The summed E-state index contributed by atoms with van der Waals surface area (Å²) in [6, 6.07) is 11.4. The number of esters is 1. The van der Waals surface area contributed by atoms with E-state index in [9.17, 15) is 14.4 Å². The average Bonchev–Trinajstić information content (AvgIpc) is 2.61. The first-order chi connectivity index (χ1) is 12.8. The Balaban J connectivity index is 1.95. The van der Waals surface area contributed by atoms with Crippen LogP contribution in [0.2, 0.25) is 10.0 Å². The molecule has 0 aliphatic carbocycles. The molecule has 2 rings (SSSR count). The van der Waals surface area contributed by atoms with Crippen molar-refractivity contribution in [1.29, 1.82) is 0 Å². The number of carbonyl (C=O) groups is 3. The van der Waals surface area contributed by atoms with Crippen LogP contribution in [-0.4, -0.2) is 23.8 Å². The van der Waals surface area contributed by atoms with Gasteiger partial charge in [-0.25, -0.2) is 4.79 Å². The van der Waals surface area contributed by atoms with Crippen LogP contribution in [0.5, 0.6) is 0 Å². The van der Waals surface area contributed by atoms with Gasteiger partial charge in [-0.05, 0) is 49.8 Å². The summed E-state index contributed by atoms with van der Waals surface area (Å²) in [5, 5.41) is 3.48. The number of ketones is 1. The Bertz CT molecular complexity index is 909. The number of hydrogen-bond donors (Lipinski definition) is 1. The Hall–Kier alpha value is -2.63. The first kappa shape index (κ1) is 20.7. The van der Waals surface area contributed by atoms with Crippen molar-refractivity contribution in [2.75, 3.05) is 5.32 Å². The van der Waals surface area contributed by atoms with Crippen LogP contribution in [0.25, 0.3) is 6.08 Å². The number of ether oxygens (including phenoxy) is 1. The molecule has 0 aliphatic rings. The summed E-state index contributed by atoms with van der Waals surface area (Å²) in [5.74, 6) is -1.32. The van der Waals surface area contributed by atoms with E-state index in [1.54, 1.807) is 42.5 Å². The van der Waals surface area contributed by atoms with Gasteiger partial charge in [-0.15, -0.1) is 0 Å². The van der Waals surface area contributed by atoms with Crippen LogP contribution in [0.15, 0.2) is 48.5 Å². The molecule has 0 bridgehead atoms. The van der Waals surface area contributed by atoms with Crippen LogP contribution in [-0.2, 0) is 14.3 Å². The smallest absolute Gasteiger partial charge is 0.331 e. The number of carbonyl (C=O) groups excluding carboxylic acids is 3. The lowest BCUT2D eigenvalue weighted by atomic mass is 10.1. The van der Waals surface area contributed by atoms with Crippen molar-refractivity contribution < 1.29 is 19.1 Å². The van der Waals surface area contributed by atoms with Crippen LogP contribution in [0.4, 0.5) is 5.69 Å². The molecule has 140 valence electrons. The second kappa shape index (κ2) is 9.35. The molecule has 0 spiro atoms. The van der Waals surface area contributed by atoms with Crippen molar-refractivity contribution in [3.8, 4) is 0 Å². The second-order valence-electron chi connectivity index (χ2n) is 5.70. The highest BCUT2D eigenvalue weighted by Gasteiger charge is 2.17.